The number of carbonyl (C=O) groups excluding carboxylic acids is 1. The lowest BCUT2D eigenvalue weighted by Gasteiger charge is -2.14. The van der Waals surface area contributed by atoms with Crippen molar-refractivity contribution in [1.29, 1.82) is 0 Å². The second-order valence-electron chi connectivity index (χ2n) is 3.87. The van der Waals surface area contributed by atoms with Crippen LogP contribution in [0.3, 0.4) is 0 Å². The van der Waals surface area contributed by atoms with Gasteiger partial charge in [0.25, 0.3) is 0 Å². The third kappa shape index (κ3) is 2.76. The molecule has 0 saturated heterocycles. The first kappa shape index (κ1) is 13.2. The van der Waals surface area contributed by atoms with Crippen LogP contribution in [0.1, 0.15) is 11.1 Å². The van der Waals surface area contributed by atoms with Crippen molar-refractivity contribution in [2.45, 2.75) is 13.3 Å². The molecule has 1 amide bonds. The largest absolute Gasteiger partial charge is 0.290 e. The second-order valence-corrected chi connectivity index (χ2v) is 5.54. The van der Waals surface area contributed by atoms with E-state index in [1.54, 1.807) is 12.6 Å². The molecule has 0 atom stereocenters. The number of likely N-dealkylation sites (N-methyl/N-ethyl adjacent to an activating group) is 1. The van der Waals surface area contributed by atoms with Crippen molar-refractivity contribution in [3.05, 3.63) is 39.3 Å². The molecule has 2 aromatic rings. The Labute approximate surface area is 118 Å². The highest BCUT2D eigenvalue weighted by molar-refractivity contribution is 9.10. The number of hydrogen-bond donors (Lipinski definition) is 0. The Morgan fingerprint density at radius 3 is 2.94 bits per heavy atom. The van der Waals surface area contributed by atoms with Crippen molar-refractivity contribution in [3.8, 4) is 0 Å². The number of hydrogen-bond acceptors (Lipinski definition) is 4. The van der Waals surface area contributed by atoms with Crippen LogP contribution in [0.2, 0.25) is 0 Å². The summed E-state index contributed by atoms with van der Waals surface area (Å²) in [6.45, 7) is 2.00. The van der Waals surface area contributed by atoms with E-state index in [2.05, 4.69) is 26.1 Å². The number of rotatable bonds is 3. The monoisotopic (exact) mass is 325 g/mol. The Morgan fingerprint density at radius 2 is 2.28 bits per heavy atom. The quantitative estimate of drug-likeness (QED) is 0.871. The summed E-state index contributed by atoms with van der Waals surface area (Å²) in [6.07, 6.45) is 0.362. The van der Waals surface area contributed by atoms with Gasteiger partial charge in [0, 0.05) is 11.5 Å². The van der Waals surface area contributed by atoms with Crippen LogP contribution in [0.4, 0.5) is 5.13 Å². The number of anilines is 1. The van der Waals surface area contributed by atoms with E-state index in [1.165, 1.54) is 16.2 Å². The number of benzene rings is 1. The lowest BCUT2D eigenvalue weighted by atomic mass is 10.1. The van der Waals surface area contributed by atoms with Crippen LogP contribution < -0.4 is 4.90 Å². The minimum atomic E-state index is 0.00736. The van der Waals surface area contributed by atoms with Crippen molar-refractivity contribution in [2.75, 3.05) is 11.9 Å². The van der Waals surface area contributed by atoms with Gasteiger partial charge < -0.3 is 0 Å². The average Bonchev–Trinajstić information content (AvgIpc) is 2.87. The summed E-state index contributed by atoms with van der Waals surface area (Å²) >= 11 is 4.82. The first-order chi connectivity index (χ1) is 8.59. The molecule has 1 aromatic heterocycles. The molecule has 0 aliphatic rings. The molecule has 6 heteroatoms. The first-order valence-electron chi connectivity index (χ1n) is 5.36. The fraction of sp³-hybridized carbons (Fsp3) is 0.250. The molecule has 1 aromatic carbocycles. The second kappa shape index (κ2) is 5.58. The van der Waals surface area contributed by atoms with Crippen LogP contribution in [0.5, 0.6) is 0 Å². The lowest BCUT2D eigenvalue weighted by Crippen LogP contribution is -2.28. The fourth-order valence-electron chi connectivity index (χ4n) is 1.55. The number of aromatic nitrogens is 2. The highest BCUT2D eigenvalue weighted by Gasteiger charge is 2.15. The van der Waals surface area contributed by atoms with Gasteiger partial charge in [-0.1, -0.05) is 39.4 Å². The molecule has 0 aliphatic heterocycles. The molecule has 0 saturated carbocycles. The predicted octanol–water partition coefficient (Wildman–Crippen LogP) is 2.81. The van der Waals surface area contributed by atoms with Gasteiger partial charge in [0.1, 0.15) is 5.51 Å². The highest BCUT2D eigenvalue weighted by Crippen LogP contribution is 2.21. The molecule has 0 unspecified atom stereocenters. The third-order valence-corrected chi connectivity index (χ3v) is 4.36. The zero-order chi connectivity index (χ0) is 13.1. The molecule has 0 spiro atoms. The van der Waals surface area contributed by atoms with Gasteiger partial charge in [-0.25, -0.2) is 0 Å². The molecular weight excluding hydrogens is 314 g/mol. The van der Waals surface area contributed by atoms with Gasteiger partial charge in [0.2, 0.25) is 11.0 Å². The van der Waals surface area contributed by atoms with Gasteiger partial charge in [-0.05, 0) is 24.1 Å². The smallest absolute Gasteiger partial charge is 0.232 e. The van der Waals surface area contributed by atoms with Gasteiger partial charge in [0.15, 0.2) is 0 Å². The van der Waals surface area contributed by atoms with Crippen molar-refractivity contribution in [2.24, 2.45) is 0 Å². The molecule has 4 nitrogen and oxygen atoms in total. The average molecular weight is 326 g/mol. The molecule has 0 aliphatic carbocycles. The van der Waals surface area contributed by atoms with Crippen molar-refractivity contribution in [3.63, 3.8) is 0 Å². The molecule has 1 heterocycles. The number of carbonyl (C=O) groups is 1. The Balaban J connectivity index is 2.14. The molecule has 2 rings (SSSR count). The van der Waals surface area contributed by atoms with Crippen LogP contribution >= 0.6 is 27.3 Å². The summed E-state index contributed by atoms with van der Waals surface area (Å²) in [5.41, 5.74) is 3.73. The summed E-state index contributed by atoms with van der Waals surface area (Å²) in [4.78, 5) is 13.7. The van der Waals surface area contributed by atoms with Gasteiger partial charge in [-0.15, -0.1) is 10.2 Å². The van der Waals surface area contributed by atoms with Gasteiger partial charge in [-0.3, -0.25) is 9.69 Å². The lowest BCUT2D eigenvalue weighted by molar-refractivity contribution is -0.117. The SMILES string of the molecule is Cc1c(Br)cccc1CC(=O)N(C)c1nncs1. The van der Waals surface area contributed by atoms with Gasteiger partial charge >= 0.3 is 0 Å². The maximum Gasteiger partial charge on any atom is 0.232 e. The summed E-state index contributed by atoms with van der Waals surface area (Å²) in [5.74, 6) is 0.00736. The molecule has 0 N–H and O–H groups in total. The summed E-state index contributed by atoms with van der Waals surface area (Å²) < 4.78 is 1.02. The minimum absolute atomic E-state index is 0.00736. The Morgan fingerprint density at radius 1 is 1.50 bits per heavy atom. The van der Waals surface area contributed by atoms with E-state index in [9.17, 15) is 4.79 Å². The fourth-order valence-corrected chi connectivity index (χ4v) is 2.50. The molecule has 0 bridgehead atoms. The molecular formula is C12H12BrN3OS. The Hall–Kier alpha value is -1.27. The van der Waals surface area contributed by atoms with E-state index in [1.807, 2.05) is 25.1 Å². The van der Waals surface area contributed by atoms with E-state index in [0.29, 0.717) is 11.6 Å². The van der Waals surface area contributed by atoms with E-state index in [0.717, 1.165) is 15.6 Å². The molecule has 0 radical (unpaired) electrons. The molecule has 94 valence electrons. The summed E-state index contributed by atoms with van der Waals surface area (Å²) in [6, 6.07) is 5.87. The van der Waals surface area contributed by atoms with Crippen LogP contribution in [-0.4, -0.2) is 23.2 Å². The van der Waals surface area contributed by atoms with Crippen molar-refractivity contribution in [1.82, 2.24) is 10.2 Å². The normalized spacial score (nSPS) is 10.4. The molecule has 0 fully saturated rings. The topological polar surface area (TPSA) is 46.1 Å². The zero-order valence-electron chi connectivity index (χ0n) is 10.1. The Kier molecular flexibility index (Phi) is 4.08. The van der Waals surface area contributed by atoms with E-state index >= 15 is 0 Å². The standard InChI is InChI=1S/C12H12BrN3OS/c1-8-9(4-3-5-10(8)13)6-11(17)16(2)12-15-14-7-18-12/h3-5,7H,6H2,1-2H3. The predicted molar refractivity (Wildman–Crippen MR) is 75.9 cm³/mol. The van der Waals surface area contributed by atoms with Crippen LogP contribution in [-0.2, 0) is 11.2 Å². The number of halogens is 1. The zero-order valence-corrected chi connectivity index (χ0v) is 12.5. The molecule has 18 heavy (non-hydrogen) atoms. The van der Waals surface area contributed by atoms with E-state index in [-0.39, 0.29) is 5.91 Å². The summed E-state index contributed by atoms with van der Waals surface area (Å²) in [5, 5.41) is 8.23. The highest BCUT2D eigenvalue weighted by atomic mass is 79.9. The van der Waals surface area contributed by atoms with E-state index < -0.39 is 0 Å². The maximum atomic E-state index is 12.1. The van der Waals surface area contributed by atoms with Crippen molar-refractivity contribution >= 4 is 38.3 Å². The van der Waals surface area contributed by atoms with Crippen LogP contribution in [0.25, 0.3) is 0 Å². The van der Waals surface area contributed by atoms with Gasteiger partial charge in [-0.2, -0.15) is 0 Å². The van der Waals surface area contributed by atoms with Crippen molar-refractivity contribution < 1.29 is 4.79 Å². The maximum absolute atomic E-state index is 12.1. The Bertz CT molecular complexity index is 556. The van der Waals surface area contributed by atoms with Crippen LogP contribution in [0, 0.1) is 6.92 Å². The third-order valence-electron chi connectivity index (χ3n) is 2.73. The van der Waals surface area contributed by atoms with Crippen LogP contribution in [0.15, 0.2) is 28.2 Å². The first-order valence-corrected chi connectivity index (χ1v) is 7.03. The minimum Gasteiger partial charge on any atom is -0.290 e. The summed E-state index contributed by atoms with van der Waals surface area (Å²) in [7, 11) is 1.72. The number of amides is 1. The van der Waals surface area contributed by atoms with Gasteiger partial charge in [0.05, 0.1) is 6.42 Å². The van der Waals surface area contributed by atoms with E-state index in [4.69, 9.17) is 0 Å². The number of nitrogens with zero attached hydrogens (tertiary/aromatic N) is 3.